The van der Waals surface area contributed by atoms with E-state index in [1.165, 1.54) is 6.42 Å². The SMILES string of the molecule is CC(C)(C)N1CCCNC1=S. The first-order valence-corrected chi connectivity index (χ1v) is 4.48. The quantitative estimate of drug-likeness (QED) is 0.556. The summed E-state index contributed by atoms with van der Waals surface area (Å²) >= 11 is 5.19. The number of hydrogen-bond donors (Lipinski definition) is 1. The van der Waals surface area contributed by atoms with E-state index in [0.29, 0.717) is 0 Å². The van der Waals surface area contributed by atoms with Crippen LogP contribution in [0.25, 0.3) is 0 Å². The molecule has 0 aromatic rings. The molecule has 11 heavy (non-hydrogen) atoms. The first kappa shape index (κ1) is 8.78. The largest absolute Gasteiger partial charge is 0.362 e. The van der Waals surface area contributed by atoms with E-state index in [9.17, 15) is 0 Å². The van der Waals surface area contributed by atoms with Crippen molar-refractivity contribution >= 4 is 17.3 Å². The Hall–Kier alpha value is -0.310. The Labute approximate surface area is 74.0 Å². The van der Waals surface area contributed by atoms with Crippen molar-refractivity contribution in [3.8, 4) is 0 Å². The van der Waals surface area contributed by atoms with Gasteiger partial charge in [-0.05, 0) is 39.4 Å². The van der Waals surface area contributed by atoms with Gasteiger partial charge >= 0.3 is 0 Å². The number of hydrogen-bond acceptors (Lipinski definition) is 1. The molecule has 0 bridgehead atoms. The Balaban J connectivity index is 2.62. The second-order valence-electron chi connectivity index (χ2n) is 3.91. The highest BCUT2D eigenvalue weighted by Gasteiger charge is 2.25. The lowest BCUT2D eigenvalue weighted by Crippen LogP contribution is -2.54. The summed E-state index contributed by atoms with van der Waals surface area (Å²) in [5.41, 5.74) is 0.171. The number of nitrogens with zero attached hydrogens (tertiary/aromatic N) is 1. The highest BCUT2D eigenvalue weighted by Crippen LogP contribution is 2.15. The van der Waals surface area contributed by atoms with Gasteiger partial charge in [-0.2, -0.15) is 0 Å². The van der Waals surface area contributed by atoms with Crippen molar-refractivity contribution in [1.82, 2.24) is 10.2 Å². The lowest BCUT2D eigenvalue weighted by Gasteiger charge is -2.40. The number of thiocarbonyl (C=S) groups is 1. The lowest BCUT2D eigenvalue weighted by atomic mass is 10.1. The minimum Gasteiger partial charge on any atom is -0.362 e. The van der Waals surface area contributed by atoms with Crippen LogP contribution < -0.4 is 5.32 Å². The fraction of sp³-hybridized carbons (Fsp3) is 0.875. The lowest BCUT2D eigenvalue weighted by molar-refractivity contribution is 0.218. The van der Waals surface area contributed by atoms with Crippen LogP contribution in [0.15, 0.2) is 0 Å². The van der Waals surface area contributed by atoms with Gasteiger partial charge in [-0.15, -0.1) is 0 Å². The normalized spacial score (nSPS) is 19.9. The second kappa shape index (κ2) is 2.97. The monoisotopic (exact) mass is 172 g/mol. The topological polar surface area (TPSA) is 15.3 Å². The van der Waals surface area contributed by atoms with E-state index in [0.717, 1.165) is 18.2 Å². The smallest absolute Gasteiger partial charge is 0.169 e. The van der Waals surface area contributed by atoms with Gasteiger partial charge in [-0.25, -0.2) is 0 Å². The van der Waals surface area contributed by atoms with Crippen LogP contribution >= 0.6 is 12.2 Å². The van der Waals surface area contributed by atoms with Gasteiger partial charge in [-0.1, -0.05) is 0 Å². The first-order chi connectivity index (χ1) is 5.02. The zero-order valence-electron chi connectivity index (χ0n) is 7.48. The number of rotatable bonds is 0. The van der Waals surface area contributed by atoms with E-state index in [1.807, 2.05) is 0 Å². The third-order valence-electron chi connectivity index (χ3n) is 1.89. The molecule has 1 fully saturated rings. The van der Waals surface area contributed by atoms with Gasteiger partial charge in [0.25, 0.3) is 0 Å². The highest BCUT2D eigenvalue weighted by atomic mass is 32.1. The van der Waals surface area contributed by atoms with Crippen molar-refractivity contribution in [3.63, 3.8) is 0 Å². The summed E-state index contributed by atoms with van der Waals surface area (Å²) in [6.45, 7) is 8.69. The van der Waals surface area contributed by atoms with Crippen LogP contribution in [0.3, 0.4) is 0 Å². The Bertz CT molecular complexity index is 160. The molecule has 64 valence electrons. The maximum atomic E-state index is 5.19. The Morgan fingerprint density at radius 2 is 2.09 bits per heavy atom. The fourth-order valence-electron chi connectivity index (χ4n) is 1.27. The van der Waals surface area contributed by atoms with Crippen molar-refractivity contribution in [2.24, 2.45) is 0 Å². The molecule has 0 saturated carbocycles. The van der Waals surface area contributed by atoms with Crippen LogP contribution in [0.5, 0.6) is 0 Å². The summed E-state index contributed by atoms with van der Waals surface area (Å²) in [6, 6.07) is 0. The van der Waals surface area contributed by atoms with E-state index in [4.69, 9.17) is 12.2 Å². The molecule has 1 aliphatic heterocycles. The molecule has 1 saturated heterocycles. The van der Waals surface area contributed by atoms with E-state index in [-0.39, 0.29) is 5.54 Å². The number of nitrogens with one attached hydrogen (secondary N) is 1. The minimum atomic E-state index is 0.171. The molecule has 3 heteroatoms. The summed E-state index contributed by atoms with van der Waals surface area (Å²) in [7, 11) is 0. The average molecular weight is 172 g/mol. The standard InChI is InChI=1S/C8H16N2S/c1-8(2,3)10-6-4-5-9-7(10)11/h4-6H2,1-3H3,(H,9,11). The zero-order valence-corrected chi connectivity index (χ0v) is 8.29. The molecular weight excluding hydrogens is 156 g/mol. The maximum absolute atomic E-state index is 5.19. The average Bonchev–Trinajstić information content (AvgIpc) is 1.86. The van der Waals surface area contributed by atoms with Crippen LogP contribution in [-0.2, 0) is 0 Å². The molecule has 0 spiro atoms. The summed E-state index contributed by atoms with van der Waals surface area (Å²) in [4.78, 5) is 2.24. The predicted octanol–water partition coefficient (Wildman–Crippen LogP) is 1.37. The Kier molecular flexibility index (Phi) is 2.37. The van der Waals surface area contributed by atoms with Crippen molar-refractivity contribution in [1.29, 1.82) is 0 Å². The van der Waals surface area contributed by atoms with E-state index >= 15 is 0 Å². The van der Waals surface area contributed by atoms with Crippen LogP contribution in [0.2, 0.25) is 0 Å². The Morgan fingerprint density at radius 1 is 1.45 bits per heavy atom. The molecule has 0 atom stereocenters. The van der Waals surface area contributed by atoms with Gasteiger partial charge in [0, 0.05) is 18.6 Å². The van der Waals surface area contributed by atoms with Gasteiger partial charge in [0.1, 0.15) is 0 Å². The molecule has 1 aliphatic rings. The van der Waals surface area contributed by atoms with Gasteiger partial charge in [0.05, 0.1) is 0 Å². The van der Waals surface area contributed by atoms with Crippen LogP contribution in [0.1, 0.15) is 27.2 Å². The molecule has 0 aromatic carbocycles. The molecule has 0 amide bonds. The molecule has 1 heterocycles. The second-order valence-corrected chi connectivity index (χ2v) is 4.29. The molecule has 0 aromatic heterocycles. The van der Waals surface area contributed by atoms with Crippen molar-refractivity contribution < 1.29 is 0 Å². The van der Waals surface area contributed by atoms with Crippen molar-refractivity contribution in [3.05, 3.63) is 0 Å². The van der Waals surface area contributed by atoms with E-state index in [1.54, 1.807) is 0 Å². The molecule has 2 nitrogen and oxygen atoms in total. The van der Waals surface area contributed by atoms with Crippen molar-refractivity contribution in [2.45, 2.75) is 32.7 Å². The summed E-state index contributed by atoms with van der Waals surface area (Å²) < 4.78 is 0. The molecular formula is C8H16N2S. The molecule has 1 rings (SSSR count). The van der Waals surface area contributed by atoms with E-state index < -0.39 is 0 Å². The minimum absolute atomic E-state index is 0.171. The van der Waals surface area contributed by atoms with Crippen LogP contribution in [0.4, 0.5) is 0 Å². The third-order valence-corrected chi connectivity index (χ3v) is 2.25. The third kappa shape index (κ3) is 2.06. The van der Waals surface area contributed by atoms with E-state index in [2.05, 4.69) is 31.0 Å². The maximum Gasteiger partial charge on any atom is 0.169 e. The van der Waals surface area contributed by atoms with Crippen molar-refractivity contribution in [2.75, 3.05) is 13.1 Å². The summed E-state index contributed by atoms with van der Waals surface area (Å²) in [5.74, 6) is 0. The van der Waals surface area contributed by atoms with Gasteiger partial charge in [0.2, 0.25) is 0 Å². The summed E-state index contributed by atoms with van der Waals surface area (Å²) in [6.07, 6.45) is 1.19. The highest BCUT2D eigenvalue weighted by molar-refractivity contribution is 7.80. The fourth-order valence-corrected chi connectivity index (χ4v) is 1.74. The van der Waals surface area contributed by atoms with Gasteiger partial charge < -0.3 is 10.2 Å². The zero-order chi connectivity index (χ0) is 8.48. The first-order valence-electron chi connectivity index (χ1n) is 4.07. The molecule has 0 radical (unpaired) electrons. The van der Waals surface area contributed by atoms with Crippen LogP contribution in [-0.4, -0.2) is 28.6 Å². The summed E-state index contributed by atoms with van der Waals surface area (Å²) in [5, 5.41) is 4.10. The van der Waals surface area contributed by atoms with Gasteiger partial charge in [0.15, 0.2) is 5.11 Å². The van der Waals surface area contributed by atoms with Gasteiger partial charge in [-0.3, -0.25) is 0 Å². The molecule has 1 N–H and O–H groups in total. The van der Waals surface area contributed by atoms with Crippen LogP contribution in [0, 0.1) is 0 Å². The Morgan fingerprint density at radius 3 is 2.45 bits per heavy atom. The molecule has 0 aliphatic carbocycles. The molecule has 0 unspecified atom stereocenters. The predicted molar refractivity (Wildman–Crippen MR) is 51.7 cm³/mol.